The zero-order chi connectivity index (χ0) is 17.5. The molecule has 2 aromatic carbocycles. The second kappa shape index (κ2) is 7.79. The van der Waals surface area contributed by atoms with Crippen LogP contribution in [0.4, 0.5) is 5.69 Å². The monoisotopic (exact) mass is 324 g/mol. The third-order valence-electron chi connectivity index (χ3n) is 3.20. The maximum atomic E-state index is 12.0. The molecule has 2 aromatic rings. The molecule has 0 aliphatic carbocycles. The number of rotatable bonds is 6. The number of ether oxygens (including phenoxy) is 2. The van der Waals surface area contributed by atoms with Crippen LogP contribution in [-0.2, 0) is 4.79 Å². The van der Waals surface area contributed by atoms with Crippen molar-refractivity contribution in [1.29, 1.82) is 5.26 Å². The Kier molecular flexibility index (Phi) is 5.53. The fourth-order valence-corrected chi connectivity index (χ4v) is 2.01. The first-order chi connectivity index (χ1) is 11.5. The number of nitriles is 1. The van der Waals surface area contributed by atoms with Crippen LogP contribution in [0.25, 0.3) is 0 Å². The lowest BCUT2D eigenvalue weighted by Gasteiger charge is -2.11. The van der Waals surface area contributed by atoms with Crippen LogP contribution >= 0.6 is 0 Å². The van der Waals surface area contributed by atoms with E-state index < -0.39 is 0 Å². The van der Waals surface area contributed by atoms with Gasteiger partial charge in [0.25, 0.3) is 5.91 Å². The fourth-order valence-electron chi connectivity index (χ4n) is 2.01. The molecule has 24 heavy (non-hydrogen) atoms. The van der Waals surface area contributed by atoms with Crippen molar-refractivity contribution in [2.45, 2.75) is 6.92 Å². The van der Waals surface area contributed by atoms with Gasteiger partial charge in [0.15, 0.2) is 23.9 Å². The van der Waals surface area contributed by atoms with Gasteiger partial charge in [-0.05, 0) is 31.2 Å². The second-order valence-electron chi connectivity index (χ2n) is 4.95. The quantitative estimate of drug-likeness (QED) is 0.825. The van der Waals surface area contributed by atoms with Gasteiger partial charge in [0, 0.05) is 17.3 Å². The Morgan fingerprint density at radius 3 is 2.62 bits per heavy atom. The molecule has 0 bridgehead atoms. The first-order valence-electron chi connectivity index (χ1n) is 7.15. The lowest BCUT2D eigenvalue weighted by molar-refractivity contribution is -0.118. The molecule has 0 heterocycles. The van der Waals surface area contributed by atoms with E-state index in [1.54, 1.807) is 36.4 Å². The molecule has 0 aliphatic rings. The van der Waals surface area contributed by atoms with Crippen LogP contribution in [0.15, 0.2) is 42.5 Å². The summed E-state index contributed by atoms with van der Waals surface area (Å²) < 4.78 is 10.6. The van der Waals surface area contributed by atoms with Crippen molar-refractivity contribution >= 4 is 17.4 Å². The third kappa shape index (κ3) is 4.34. The van der Waals surface area contributed by atoms with Crippen LogP contribution in [-0.4, -0.2) is 25.4 Å². The van der Waals surface area contributed by atoms with Crippen LogP contribution in [0.5, 0.6) is 11.5 Å². The van der Waals surface area contributed by atoms with E-state index in [4.69, 9.17) is 14.7 Å². The lowest BCUT2D eigenvalue weighted by Crippen LogP contribution is -2.20. The average molecular weight is 324 g/mol. The summed E-state index contributed by atoms with van der Waals surface area (Å²) in [6, 6.07) is 13.3. The van der Waals surface area contributed by atoms with Gasteiger partial charge in [-0.15, -0.1) is 0 Å². The number of hydrogen-bond donors (Lipinski definition) is 1. The van der Waals surface area contributed by atoms with Crippen molar-refractivity contribution in [3.05, 3.63) is 53.6 Å². The van der Waals surface area contributed by atoms with Gasteiger partial charge in [0.05, 0.1) is 18.7 Å². The van der Waals surface area contributed by atoms with E-state index in [0.29, 0.717) is 28.3 Å². The van der Waals surface area contributed by atoms with Gasteiger partial charge in [-0.2, -0.15) is 5.26 Å². The summed E-state index contributed by atoms with van der Waals surface area (Å²) in [5.74, 6) is 0.288. The molecule has 122 valence electrons. The molecule has 6 nitrogen and oxygen atoms in total. The van der Waals surface area contributed by atoms with Gasteiger partial charge in [-0.3, -0.25) is 9.59 Å². The summed E-state index contributed by atoms with van der Waals surface area (Å²) >= 11 is 0. The highest BCUT2D eigenvalue weighted by molar-refractivity contribution is 5.97. The normalized spacial score (nSPS) is 9.71. The van der Waals surface area contributed by atoms with Crippen LogP contribution in [0.1, 0.15) is 22.8 Å². The minimum atomic E-state index is -0.373. The van der Waals surface area contributed by atoms with Crippen LogP contribution in [0.2, 0.25) is 0 Å². The van der Waals surface area contributed by atoms with E-state index in [1.807, 2.05) is 6.07 Å². The zero-order valence-electron chi connectivity index (χ0n) is 13.3. The molecule has 0 atom stereocenters. The number of nitrogens with zero attached hydrogens (tertiary/aromatic N) is 1. The number of amides is 1. The Bertz CT molecular complexity index is 809. The first kappa shape index (κ1) is 17.0. The highest BCUT2D eigenvalue weighted by Gasteiger charge is 2.09. The number of methoxy groups -OCH3 is 1. The summed E-state index contributed by atoms with van der Waals surface area (Å²) in [7, 11) is 1.46. The summed E-state index contributed by atoms with van der Waals surface area (Å²) in [6.07, 6.45) is 0. The Hall–Kier alpha value is -3.33. The second-order valence-corrected chi connectivity index (χ2v) is 4.95. The van der Waals surface area contributed by atoms with Gasteiger partial charge in [0.1, 0.15) is 0 Å². The van der Waals surface area contributed by atoms with Crippen LogP contribution in [0.3, 0.4) is 0 Å². The maximum absolute atomic E-state index is 12.0. The van der Waals surface area contributed by atoms with Crippen molar-refractivity contribution in [2.75, 3.05) is 19.0 Å². The molecule has 0 spiro atoms. The smallest absolute Gasteiger partial charge is 0.262 e. The van der Waals surface area contributed by atoms with E-state index in [2.05, 4.69) is 5.32 Å². The summed E-state index contributed by atoms with van der Waals surface area (Å²) in [6.45, 7) is 1.23. The van der Waals surface area contributed by atoms with E-state index in [0.717, 1.165) is 0 Å². The van der Waals surface area contributed by atoms with Crippen LogP contribution in [0, 0.1) is 11.3 Å². The van der Waals surface area contributed by atoms with E-state index in [1.165, 1.54) is 20.1 Å². The molecule has 0 fully saturated rings. The van der Waals surface area contributed by atoms with Gasteiger partial charge in [-0.25, -0.2) is 0 Å². The lowest BCUT2D eigenvalue weighted by atomic mass is 10.1. The Morgan fingerprint density at radius 1 is 1.17 bits per heavy atom. The SMILES string of the molecule is COc1cc(C#N)ccc1OCC(=O)Nc1cccc(C(C)=O)c1. The average Bonchev–Trinajstić information content (AvgIpc) is 2.60. The van der Waals surface area contributed by atoms with Gasteiger partial charge >= 0.3 is 0 Å². The maximum Gasteiger partial charge on any atom is 0.262 e. The molecule has 2 rings (SSSR count). The standard InChI is InChI=1S/C18H16N2O4/c1-12(21)14-4-3-5-15(9-14)20-18(22)11-24-16-7-6-13(10-19)8-17(16)23-2/h3-9H,11H2,1-2H3,(H,20,22). The number of anilines is 1. The third-order valence-corrected chi connectivity index (χ3v) is 3.20. The molecule has 1 amide bonds. The molecule has 0 saturated carbocycles. The number of ketones is 1. The van der Waals surface area contributed by atoms with Crippen molar-refractivity contribution in [3.63, 3.8) is 0 Å². The number of carbonyl (C=O) groups is 2. The van der Waals surface area contributed by atoms with E-state index in [-0.39, 0.29) is 18.3 Å². The van der Waals surface area contributed by atoms with E-state index in [9.17, 15) is 9.59 Å². The minimum absolute atomic E-state index is 0.0790. The summed E-state index contributed by atoms with van der Waals surface area (Å²) in [5, 5.41) is 11.5. The van der Waals surface area contributed by atoms with Crippen molar-refractivity contribution in [3.8, 4) is 17.6 Å². The molecular formula is C18H16N2O4. The Morgan fingerprint density at radius 2 is 1.96 bits per heavy atom. The number of hydrogen-bond acceptors (Lipinski definition) is 5. The molecule has 0 radical (unpaired) electrons. The fraction of sp³-hybridized carbons (Fsp3) is 0.167. The summed E-state index contributed by atoms with van der Waals surface area (Å²) in [5.41, 5.74) is 1.47. The molecule has 1 N–H and O–H groups in total. The molecule has 0 aromatic heterocycles. The molecule has 0 saturated heterocycles. The van der Waals surface area contributed by atoms with Crippen LogP contribution < -0.4 is 14.8 Å². The first-order valence-corrected chi connectivity index (χ1v) is 7.15. The highest BCUT2D eigenvalue weighted by atomic mass is 16.5. The predicted molar refractivity (Wildman–Crippen MR) is 88.3 cm³/mol. The number of benzene rings is 2. The minimum Gasteiger partial charge on any atom is -0.493 e. The van der Waals surface area contributed by atoms with Crippen molar-refractivity contribution in [2.24, 2.45) is 0 Å². The van der Waals surface area contributed by atoms with Crippen molar-refractivity contribution < 1.29 is 19.1 Å². The topological polar surface area (TPSA) is 88.4 Å². The molecule has 0 unspecified atom stereocenters. The van der Waals surface area contributed by atoms with Crippen molar-refractivity contribution in [1.82, 2.24) is 0 Å². The van der Waals surface area contributed by atoms with Gasteiger partial charge in [-0.1, -0.05) is 12.1 Å². The molecule has 6 heteroatoms. The predicted octanol–water partition coefficient (Wildman–Crippen LogP) is 2.79. The number of Topliss-reactive ketones (excluding diaryl/α,β-unsaturated/α-hetero) is 1. The van der Waals surface area contributed by atoms with Gasteiger partial charge in [0.2, 0.25) is 0 Å². The van der Waals surface area contributed by atoms with Gasteiger partial charge < -0.3 is 14.8 Å². The number of nitrogens with one attached hydrogen (secondary N) is 1. The summed E-state index contributed by atoms with van der Waals surface area (Å²) in [4.78, 5) is 23.3. The molecular weight excluding hydrogens is 308 g/mol. The Balaban J connectivity index is 2.00. The van der Waals surface area contributed by atoms with E-state index >= 15 is 0 Å². The Labute approximate surface area is 139 Å². The zero-order valence-corrected chi connectivity index (χ0v) is 13.3. The highest BCUT2D eigenvalue weighted by Crippen LogP contribution is 2.27. The number of carbonyl (C=O) groups excluding carboxylic acids is 2. The molecule has 0 aliphatic heterocycles. The largest absolute Gasteiger partial charge is 0.493 e.